The Kier molecular flexibility index (Phi) is 4.78. The maximum atomic E-state index is 9.99. The zero-order chi connectivity index (χ0) is 11.2. The quantitative estimate of drug-likeness (QED) is 0.823. The van der Waals surface area contributed by atoms with E-state index in [4.69, 9.17) is 4.74 Å². The second kappa shape index (κ2) is 6.35. The maximum absolute atomic E-state index is 9.99. The molecule has 16 heavy (non-hydrogen) atoms. The first-order chi connectivity index (χ1) is 7.86. The molecule has 1 saturated heterocycles. The summed E-state index contributed by atoms with van der Waals surface area (Å²) < 4.78 is 5.28. The zero-order valence-corrected chi connectivity index (χ0v) is 10.2. The minimum atomic E-state index is -0.234. The molecule has 90 valence electrons. The van der Waals surface area contributed by atoms with E-state index in [0.717, 1.165) is 32.6 Å². The van der Waals surface area contributed by atoms with Crippen molar-refractivity contribution in [2.75, 3.05) is 19.8 Å². The van der Waals surface area contributed by atoms with Crippen molar-refractivity contribution in [3.63, 3.8) is 0 Å². The molecule has 2 rings (SSSR count). The molecule has 2 N–H and O–H groups in total. The lowest BCUT2D eigenvalue weighted by atomic mass is 9.94. The van der Waals surface area contributed by atoms with Gasteiger partial charge in [-0.15, -0.1) is 0 Å². The molecule has 1 aromatic rings. The summed E-state index contributed by atoms with van der Waals surface area (Å²) in [6.07, 6.45) is 1.74. The smallest absolute Gasteiger partial charge is 0.0694 e. The van der Waals surface area contributed by atoms with Crippen molar-refractivity contribution in [3.05, 3.63) is 22.4 Å². The number of aliphatic hydroxyl groups excluding tert-OH is 1. The van der Waals surface area contributed by atoms with Crippen LogP contribution in [0.25, 0.3) is 0 Å². The van der Waals surface area contributed by atoms with Crippen LogP contribution in [-0.2, 0) is 11.3 Å². The van der Waals surface area contributed by atoms with Gasteiger partial charge in [-0.25, -0.2) is 0 Å². The fourth-order valence-corrected chi connectivity index (χ4v) is 2.69. The molecule has 2 heterocycles. The molecule has 0 bridgehead atoms. The molecule has 0 radical (unpaired) electrons. The standard InChI is InChI=1S/C12H19NO2S/c14-12(11-1-4-15-5-2-11)8-13-7-10-3-6-16-9-10/h3,6,9,11-14H,1-2,4-5,7-8H2. The lowest BCUT2D eigenvalue weighted by molar-refractivity contribution is 0.00846. The van der Waals surface area contributed by atoms with Crippen molar-refractivity contribution in [2.24, 2.45) is 5.92 Å². The van der Waals surface area contributed by atoms with Crippen LogP contribution >= 0.6 is 11.3 Å². The Hall–Kier alpha value is -0.420. The summed E-state index contributed by atoms with van der Waals surface area (Å²) in [6.45, 7) is 3.13. The molecule has 0 spiro atoms. The van der Waals surface area contributed by atoms with E-state index >= 15 is 0 Å². The molecule has 0 saturated carbocycles. The molecule has 1 atom stereocenters. The molecule has 4 heteroatoms. The largest absolute Gasteiger partial charge is 0.392 e. The van der Waals surface area contributed by atoms with Crippen LogP contribution in [0, 0.1) is 5.92 Å². The van der Waals surface area contributed by atoms with E-state index in [1.807, 2.05) is 0 Å². The van der Waals surface area contributed by atoms with Crippen molar-refractivity contribution in [2.45, 2.75) is 25.5 Å². The van der Waals surface area contributed by atoms with Crippen LogP contribution in [0.2, 0.25) is 0 Å². The Morgan fingerprint density at radius 2 is 2.31 bits per heavy atom. The normalized spacial score (nSPS) is 19.8. The molecular formula is C12H19NO2S. The number of ether oxygens (including phenoxy) is 1. The first kappa shape index (κ1) is 12.0. The molecule has 1 aliphatic heterocycles. The van der Waals surface area contributed by atoms with Gasteiger partial charge in [-0.05, 0) is 41.1 Å². The van der Waals surface area contributed by atoms with Crippen molar-refractivity contribution in [1.29, 1.82) is 0 Å². The molecule has 1 aliphatic rings. The highest BCUT2D eigenvalue weighted by Crippen LogP contribution is 2.18. The Balaban J connectivity index is 1.65. The van der Waals surface area contributed by atoms with Crippen LogP contribution < -0.4 is 5.32 Å². The molecule has 0 aliphatic carbocycles. The minimum absolute atomic E-state index is 0.234. The fourth-order valence-electron chi connectivity index (χ4n) is 2.02. The molecule has 1 fully saturated rings. The summed E-state index contributed by atoms with van der Waals surface area (Å²) >= 11 is 1.71. The average Bonchev–Trinajstić information content (AvgIpc) is 2.83. The molecule has 3 nitrogen and oxygen atoms in total. The lowest BCUT2D eigenvalue weighted by Gasteiger charge is -2.26. The number of hydrogen-bond acceptors (Lipinski definition) is 4. The third kappa shape index (κ3) is 3.56. The van der Waals surface area contributed by atoms with Gasteiger partial charge >= 0.3 is 0 Å². The Labute approximate surface area is 100 Å². The second-order valence-electron chi connectivity index (χ2n) is 4.28. The van der Waals surface area contributed by atoms with Crippen molar-refractivity contribution < 1.29 is 9.84 Å². The van der Waals surface area contributed by atoms with Crippen LogP contribution in [-0.4, -0.2) is 31.0 Å². The summed E-state index contributed by atoms with van der Waals surface area (Å²) in [5, 5.41) is 17.5. The van der Waals surface area contributed by atoms with Crippen LogP contribution in [0.1, 0.15) is 18.4 Å². The topological polar surface area (TPSA) is 41.5 Å². The molecular weight excluding hydrogens is 222 g/mol. The Bertz CT molecular complexity index is 283. The third-order valence-corrected chi connectivity index (χ3v) is 3.80. The number of hydrogen-bond donors (Lipinski definition) is 2. The maximum Gasteiger partial charge on any atom is 0.0694 e. The first-order valence-electron chi connectivity index (χ1n) is 5.84. The Morgan fingerprint density at radius 3 is 3.00 bits per heavy atom. The van der Waals surface area contributed by atoms with Gasteiger partial charge in [0.2, 0.25) is 0 Å². The number of nitrogens with one attached hydrogen (secondary N) is 1. The zero-order valence-electron chi connectivity index (χ0n) is 9.39. The van der Waals surface area contributed by atoms with E-state index in [-0.39, 0.29) is 6.10 Å². The summed E-state index contributed by atoms with van der Waals surface area (Å²) in [7, 11) is 0. The van der Waals surface area contributed by atoms with Gasteiger partial charge in [0.1, 0.15) is 0 Å². The monoisotopic (exact) mass is 241 g/mol. The summed E-state index contributed by atoms with van der Waals surface area (Å²) in [5.74, 6) is 0.406. The molecule has 0 amide bonds. The van der Waals surface area contributed by atoms with Crippen molar-refractivity contribution >= 4 is 11.3 Å². The number of rotatable bonds is 5. The van der Waals surface area contributed by atoms with Gasteiger partial charge < -0.3 is 15.2 Å². The van der Waals surface area contributed by atoms with Gasteiger partial charge in [0.05, 0.1) is 6.10 Å². The summed E-state index contributed by atoms with van der Waals surface area (Å²) in [5.41, 5.74) is 1.30. The van der Waals surface area contributed by atoms with Crippen LogP contribution in [0.15, 0.2) is 16.8 Å². The fraction of sp³-hybridized carbons (Fsp3) is 0.667. The highest BCUT2D eigenvalue weighted by atomic mass is 32.1. The molecule has 0 aromatic carbocycles. The first-order valence-corrected chi connectivity index (χ1v) is 6.78. The molecule has 1 unspecified atom stereocenters. The van der Waals surface area contributed by atoms with Crippen LogP contribution in [0.5, 0.6) is 0 Å². The van der Waals surface area contributed by atoms with Gasteiger partial charge in [-0.3, -0.25) is 0 Å². The number of aliphatic hydroxyl groups is 1. The van der Waals surface area contributed by atoms with Gasteiger partial charge in [0, 0.05) is 26.3 Å². The minimum Gasteiger partial charge on any atom is -0.392 e. The van der Waals surface area contributed by atoms with E-state index in [1.165, 1.54) is 5.56 Å². The number of thiophene rings is 1. The van der Waals surface area contributed by atoms with E-state index in [0.29, 0.717) is 12.5 Å². The van der Waals surface area contributed by atoms with E-state index in [9.17, 15) is 5.11 Å². The van der Waals surface area contributed by atoms with Crippen LogP contribution in [0.4, 0.5) is 0 Å². The summed E-state index contributed by atoms with van der Waals surface area (Å²) in [4.78, 5) is 0. The van der Waals surface area contributed by atoms with E-state index < -0.39 is 0 Å². The van der Waals surface area contributed by atoms with Gasteiger partial charge in [-0.1, -0.05) is 0 Å². The highest BCUT2D eigenvalue weighted by Gasteiger charge is 2.21. The summed E-state index contributed by atoms with van der Waals surface area (Å²) in [6, 6.07) is 2.11. The van der Waals surface area contributed by atoms with Crippen molar-refractivity contribution in [1.82, 2.24) is 5.32 Å². The lowest BCUT2D eigenvalue weighted by Crippen LogP contribution is -2.35. The predicted octanol–water partition coefficient (Wildman–Crippen LogP) is 1.63. The molecule has 1 aromatic heterocycles. The van der Waals surface area contributed by atoms with E-state index in [1.54, 1.807) is 11.3 Å². The van der Waals surface area contributed by atoms with Gasteiger partial charge in [0.15, 0.2) is 0 Å². The third-order valence-electron chi connectivity index (χ3n) is 3.07. The predicted molar refractivity (Wildman–Crippen MR) is 65.6 cm³/mol. The van der Waals surface area contributed by atoms with Gasteiger partial charge in [0.25, 0.3) is 0 Å². The van der Waals surface area contributed by atoms with Crippen molar-refractivity contribution in [3.8, 4) is 0 Å². The second-order valence-corrected chi connectivity index (χ2v) is 5.06. The van der Waals surface area contributed by atoms with Gasteiger partial charge in [-0.2, -0.15) is 11.3 Å². The van der Waals surface area contributed by atoms with E-state index in [2.05, 4.69) is 22.1 Å². The highest BCUT2D eigenvalue weighted by molar-refractivity contribution is 7.07. The van der Waals surface area contributed by atoms with Crippen LogP contribution in [0.3, 0.4) is 0 Å². The average molecular weight is 241 g/mol. The Morgan fingerprint density at radius 1 is 1.50 bits per heavy atom. The SMILES string of the molecule is OC(CNCc1ccsc1)C1CCOCC1.